The van der Waals surface area contributed by atoms with E-state index < -0.39 is 0 Å². The second kappa shape index (κ2) is 5.38. The summed E-state index contributed by atoms with van der Waals surface area (Å²) >= 11 is 6.02. The molecule has 0 aliphatic rings. The maximum atomic E-state index is 12.3. The lowest BCUT2D eigenvalue weighted by Gasteiger charge is -2.09. The molecule has 1 amide bonds. The molecule has 0 aliphatic heterocycles. The maximum Gasteiger partial charge on any atom is 0.259 e. The zero-order chi connectivity index (χ0) is 14.8. The van der Waals surface area contributed by atoms with Crippen molar-refractivity contribution >= 4 is 40.0 Å². The molecule has 0 fully saturated rings. The number of anilines is 2. The first-order valence-electron chi connectivity index (χ1n) is 6.22. The predicted molar refractivity (Wildman–Crippen MR) is 83.4 cm³/mol. The fourth-order valence-electron chi connectivity index (χ4n) is 1.95. The van der Waals surface area contributed by atoms with E-state index in [2.05, 4.69) is 15.3 Å². The first kappa shape index (κ1) is 13.3. The van der Waals surface area contributed by atoms with Crippen LogP contribution in [0.2, 0.25) is 5.02 Å². The van der Waals surface area contributed by atoms with Crippen molar-refractivity contribution in [1.82, 2.24) is 9.97 Å². The molecule has 0 radical (unpaired) electrons. The van der Waals surface area contributed by atoms with Gasteiger partial charge in [0.1, 0.15) is 5.82 Å². The van der Waals surface area contributed by atoms with Crippen LogP contribution in [-0.4, -0.2) is 15.9 Å². The smallest absolute Gasteiger partial charge is 0.259 e. The fourth-order valence-corrected chi connectivity index (χ4v) is 2.14. The zero-order valence-electron chi connectivity index (χ0n) is 10.9. The fraction of sp³-hybridized carbons (Fsp3) is 0. The summed E-state index contributed by atoms with van der Waals surface area (Å²) in [5, 5.41) is 3.93. The van der Waals surface area contributed by atoms with Crippen LogP contribution in [0.15, 0.2) is 48.7 Å². The van der Waals surface area contributed by atoms with E-state index in [0.29, 0.717) is 16.4 Å². The number of amides is 1. The monoisotopic (exact) mass is 298 g/mol. The van der Waals surface area contributed by atoms with Crippen molar-refractivity contribution in [2.24, 2.45) is 0 Å². The van der Waals surface area contributed by atoms with Gasteiger partial charge in [-0.15, -0.1) is 0 Å². The predicted octanol–water partition coefficient (Wildman–Crippen LogP) is 3.12. The maximum absolute atomic E-state index is 12.3. The topological polar surface area (TPSA) is 80.9 Å². The summed E-state index contributed by atoms with van der Waals surface area (Å²) < 4.78 is 0. The number of nitrogens with one attached hydrogen (secondary N) is 1. The van der Waals surface area contributed by atoms with Gasteiger partial charge < -0.3 is 11.1 Å². The lowest BCUT2D eigenvalue weighted by molar-refractivity contribution is 0.102. The first-order chi connectivity index (χ1) is 10.1. The number of carbonyl (C=O) groups excluding carboxylic acids is 1. The minimum atomic E-state index is -0.362. The molecule has 3 rings (SSSR count). The number of benzene rings is 1. The van der Waals surface area contributed by atoms with Gasteiger partial charge in [0, 0.05) is 11.6 Å². The molecule has 0 spiro atoms. The number of hydrogen-bond acceptors (Lipinski definition) is 4. The molecular formula is C15H11ClN4O. The molecule has 0 atom stereocenters. The van der Waals surface area contributed by atoms with Crippen molar-refractivity contribution in [3.05, 3.63) is 59.2 Å². The first-order valence-corrected chi connectivity index (χ1v) is 6.60. The van der Waals surface area contributed by atoms with Crippen LogP contribution in [0.5, 0.6) is 0 Å². The molecule has 3 N–H and O–H groups in total. The summed E-state index contributed by atoms with van der Waals surface area (Å²) in [4.78, 5) is 20.6. The average molecular weight is 299 g/mol. The number of pyridine rings is 2. The number of carbonyl (C=O) groups is 1. The number of nitrogen functional groups attached to an aromatic ring is 1. The van der Waals surface area contributed by atoms with Gasteiger partial charge in [-0.3, -0.25) is 4.79 Å². The Hall–Kier alpha value is -2.66. The number of halogens is 1. The zero-order valence-corrected chi connectivity index (χ0v) is 11.6. The van der Waals surface area contributed by atoms with Crippen LogP contribution < -0.4 is 11.1 Å². The van der Waals surface area contributed by atoms with E-state index >= 15 is 0 Å². The van der Waals surface area contributed by atoms with Crippen molar-refractivity contribution in [3.8, 4) is 0 Å². The largest absolute Gasteiger partial charge is 0.383 e. The Bertz CT molecular complexity index is 835. The van der Waals surface area contributed by atoms with Gasteiger partial charge in [0.25, 0.3) is 5.91 Å². The molecule has 6 heteroatoms. The number of fused-ring (bicyclic) bond motifs is 1. The van der Waals surface area contributed by atoms with Crippen LogP contribution in [-0.2, 0) is 0 Å². The third kappa shape index (κ3) is 2.64. The third-order valence-corrected chi connectivity index (χ3v) is 3.32. The Morgan fingerprint density at radius 3 is 2.81 bits per heavy atom. The molecule has 3 aromatic rings. The average Bonchev–Trinajstić information content (AvgIpc) is 2.49. The minimum Gasteiger partial charge on any atom is -0.383 e. The van der Waals surface area contributed by atoms with E-state index in [-0.39, 0.29) is 17.3 Å². The molecule has 0 aliphatic carbocycles. The van der Waals surface area contributed by atoms with Gasteiger partial charge in [-0.05, 0) is 30.3 Å². The molecule has 0 saturated carbocycles. The lowest BCUT2D eigenvalue weighted by atomic mass is 10.2. The van der Waals surface area contributed by atoms with Crippen LogP contribution in [0.3, 0.4) is 0 Å². The quantitative estimate of drug-likeness (QED) is 0.761. The Balaban J connectivity index is 1.98. The molecule has 1 aromatic carbocycles. The summed E-state index contributed by atoms with van der Waals surface area (Å²) in [6.07, 6.45) is 1.62. The van der Waals surface area contributed by atoms with Crippen molar-refractivity contribution in [2.45, 2.75) is 0 Å². The van der Waals surface area contributed by atoms with Crippen LogP contribution in [0, 0.1) is 0 Å². The summed E-state index contributed by atoms with van der Waals surface area (Å²) in [5.74, 6) is -0.232. The highest BCUT2D eigenvalue weighted by Crippen LogP contribution is 2.23. The summed E-state index contributed by atoms with van der Waals surface area (Å²) in [7, 11) is 0. The van der Waals surface area contributed by atoms with E-state index in [1.807, 2.05) is 6.07 Å². The molecule has 0 saturated heterocycles. The number of aromatic nitrogens is 2. The Labute approximate surface area is 125 Å². The van der Waals surface area contributed by atoms with Gasteiger partial charge >= 0.3 is 0 Å². The summed E-state index contributed by atoms with van der Waals surface area (Å²) in [6, 6.07) is 12.2. The van der Waals surface area contributed by atoms with E-state index in [9.17, 15) is 4.79 Å². The van der Waals surface area contributed by atoms with Crippen LogP contribution in [0.25, 0.3) is 11.0 Å². The summed E-state index contributed by atoms with van der Waals surface area (Å²) in [6.45, 7) is 0. The molecule has 2 aromatic heterocycles. The Morgan fingerprint density at radius 1 is 1.19 bits per heavy atom. The van der Waals surface area contributed by atoms with Gasteiger partial charge in [0.05, 0.1) is 16.3 Å². The van der Waals surface area contributed by atoms with E-state index in [1.54, 1.807) is 42.6 Å². The molecule has 21 heavy (non-hydrogen) atoms. The standard InChI is InChI=1S/C15H11ClN4O/c16-11-5-1-2-6-12(11)19-15(21)10-8-9-4-3-7-18-14(9)20-13(10)17/h1-8H,(H,19,21)(H2,17,18,20). The van der Waals surface area contributed by atoms with E-state index in [4.69, 9.17) is 17.3 Å². The number of nitrogens with zero attached hydrogens (tertiary/aromatic N) is 2. The normalized spacial score (nSPS) is 10.5. The number of para-hydroxylation sites is 1. The second-order valence-corrected chi connectivity index (χ2v) is 4.81. The van der Waals surface area contributed by atoms with Gasteiger partial charge in [-0.2, -0.15) is 0 Å². The second-order valence-electron chi connectivity index (χ2n) is 4.41. The van der Waals surface area contributed by atoms with Crippen LogP contribution >= 0.6 is 11.6 Å². The van der Waals surface area contributed by atoms with E-state index in [1.165, 1.54) is 0 Å². The van der Waals surface area contributed by atoms with Crippen LogP contribution in [0.4, 0.5) is 11.5 Å². The van der Waals surface area contributed by atoms with Gasteiger partial charge in [-0.25, -0.2) is 9.97 Å². The molecule has 2 heterocycles. The van der Waals surface area contributed by atoms with Crippen molar-refractivity contribution in [3.63, 3.8) is 0 Å². The highest BCUT2D eigenvalue weighted by atomic mass is 35.5. The summed E-state index contributed by atoms with van der Waals surface area (Å²) in [5.41, 5.74) is 7.15. The minimum absolute atomic E-state index is 0.130. The lowest BCUT2D eigenvalue weighted by Crippen LogP contribution is -2.15. The highest BCUT2D eigenvalue weighted by molar-refractivity contribution is 6.34. The van der Waals surface area contributed by atoms with Gasteiger partial charge in [0.2, 0.25) is 0 Å². The third-order valence-electron chi connectivity index (χ3n) is 2.99. The number of hydrogen-bond donors (Lipinski definition) is 2. The SMILES string of the molecule is Nc1nc2ncccc2cc1C(=O)Nc1ccccc1Cl. The van der Waals surface area contributed by atoms with Gasteiger partial charge in [0.15, 0.2) is 5.65 Å². The van der Waals surface area contributed by atoms with E-state index in [0.717, 1.165) is 5.39 Å². The van der Waals surface area contributed by atoms with Crippen molar-refractivity contribution < 1.29 is 4.79 Å². The van der Waals surface area contributed by atoms with Crippen LogP contribution in [0.1, 0.15) is 10.4 Å². The number of rotatable bonds is 2. The molecule has 5 nitrogen and oxygen atoms in total. The van der Waals surface area contributed by atoms with Crippen molar-refractivity contribution in [2.75, 3.05) is 11.1 Å². The Kier molecular flexibility index (Phi) is 3.41. The molecule has 0 bridgehead atoms. The molecule has 0 unspecified atom stereocenters. The van der Waals surface area contributed by atoms with Gasteiger partial charge in [-0.1, -0.05) is 23.7 Å². The Morgan fingerprint density at radius 2 is 2.00 bits per heavy atom. The number of nitrogens with two attached hydrogens (primary N) is 1. The highest BCUT2D eigenvalue weighted by Gasteiger charge is 2.14. The van der Waals surface area contributed by atoms with Crippen molar-refractivity contribution in [1.29, 1.82) is 0 Å². The molecular weight excluding hydrogens is 288 g/mol. The molecule has 104 valence electrons.